The van der Waals surface area contributed by atoms with Gasteiger partial charge in [-0.2, -0.15) is 0 Å². The van der Waals surface area contributed by atoms with E-state index < -0.39 is 7.26 Å². The SMILES string of the molecule is CC(=O)OC[P+](c1ccccc1)(c1ccccc1)c1ccccc1.CCOc1ccc(NC(=S)Nc2ccc(OCC)cc2)cc1. The molecule has 0 bridgehead atoms. The third kappa shape index (κ3) is 9.64. The minimum atomic E-state index is -2.05. The fourth-order valence-corrected chi connectivity index (χ4v) is 8.80. The lowest BCUT2D eigenvalue weighted by Crippen LogP contribution is -2.34. The van der Waals surface area contributed by atoms with Crippen molar-refractivity contribution in [3.8, 4) is 11.5 Å². The zero-order chi connectivity index (χ0) is 32.6. The standard InChI is InChI=1S/C21H20O2P.C17H20N2O2S/c1-18(22)23-17-24(19-11-5-2-6-12-19,20-13-7-3-8-14-20)21-15-9-4-10-16-21;1-3-20-15-9-5-13(6-10-15)18-17(22)19-14-7-11-16(12-8-14)21-4-2/h2-16H,17H2,1H3;5-12H,3-4H2,1-2H3,(H2,18,19,22)/q+1;. The molecule has 0 saturated heterocycles. The van der Waals surface area contributed by atoms with Gasteiger partial charge in [-0.25, -0.2) is 0 Å². The normalized spacial score (nSPS) is 10.5. The molecule has 0 amide bonds. The van der Waals surface area contributed by atoms with E-state index in [2.05, 4.69) is 47.0 Å². The summed E-state index contributed by atoms with van der Waals surface area (Å²) in [6.07, 6.45) is 0.375. The lowest BCUT2D eigenvalue weighted by atomic mass is 10.3. The molecule has 0 fully saturated rings. The van der Waals surface area contributed by atoms with Crippen molar-refractivity contribution in [3.05, 3.63) is 140 Å². The van der Waals surface area contributed by atoms with Crippen LogP contribution in [-0.4, -0.2) is 30.6 Å². The number of ether oxygens (including phenoxy) is 3. The van der Waals surface area contributed by atoms with Gasteiger partial charge in [-0.05, 0) is 111 Å². The second kappa shape index (κ2) is 17.7. The molecule has 0 saturated carbocycles. The summed E-state index contributed by atoms with van der Waals surface area (Å²) in [5.41, 5.74) is 1.82. The Balaban J connectivity index is 0.000000210. The third-order valence-corrected chi connectivity index (χ3v) is 11.2. The van der Waals surface area contributed by atoms with E-state index in [0.717, 1.165) is 22.9 Å². The first kappa shape index (κ1) is 34.2. The summed E-state index contributed by atoms with van der Waals surface area (Å²) in [6, 6.07) is 46.5. The zero-order valence-electron chi connectivity index (χ0n) is 26.4. The van der Waals surface area contributed by atoms with E-state index in [4.69, 9.17) is 26.4 Å². The van der Waals surface area contributed by atoms with Crippen molar-refractivity contribution >= 4 is 57.9 Å². The lowest BCUT2D eigenvalue weighted by Gasteiger charge is -2.26. The maximum Gasteiger partial charge on any atom is 0.305 e. The Bertz CT molecular complexity index is 1490. The molecule has 8 heteroatoms. The number of esters is 1. The minimum absolute atomic E-state index is 0.248. The van der Waals surface area contributed by atoms with Gasteiger partial charge in [0.2, 0.25) is 6.35 Å². The number of benzene rings is 5. The number of nitrogens with one attached hydrogen (secondary N) is 2. The quantitative estimate of drug-likeness (QED) is 0.0859. The smallest absolute Gasteiger partial charge is 0.305 e. The van der Waals surface area contributed by atoms with Crippen LogP contribution in [0.3, 0.4) is 0 Å². The molecule has 6 nitrogen and oxygen atoms in total. The highest BCUT2D eigenvalue weighted by Crippen LogP contribution is 2.55. The molecular formula is C38H40N2O4PS+. The number of rotatable bonds is 11. The Morgan fingerprint density at radius 3 is 1.24 bits per heavy atom. The van der Waals surface area contributed by atoms with Gasteiger partial charge in [0, 0.05) is 18.3 Å². The predicted molar refractivity (Wildman–Crippen MR) is 197 cm³/mol. The van der Waals surface area contributed by atoms with Crippen molar-refractivity contribution in [3.63, 3.8) is 0 Å². The summed E-state index contributed by atoms with van der Waals surface area (Å²) < 4.78 is 16.4. The summed E-state index contributed by atoms with van der Waals surface area (Å²) in [4.78, 5) is 11.6. The molecule has 0 atom stereocenters. The monoisotopic (exact) mass is 651 g/mol. The first-order valence-corrected chi connectivity index (χ1v) is 17.5. The molecular weight excluding hydrogens is 611 g/mol. The molecule has 46 heavy (non-hydrogen) atoms. The van der Waals surface area contributed by atoms with Crippen LogP contribution in [-0.2, 0) is 9.53 Å². The van der Waals surface area contributed by atoms with Crippen molar-refractivity contribution in [1.82, 2.24) is 0 Å². The highest BCUT2D eigenvalue weighted by Gasteiger charge is 2.46. The van der Waals surface area contributed by atoms with Gasteiger partial charge < -0.3 is 24.8 Å². The number of hydrogen-bond acceptors (Lipinski definition) is 5. The van der Waals surface area contributed by atoms with Crippen molar-refractivity contribution in [2.45, 2.75) is 20.8 Å². The molecule has 5 aromatic carbocycles. The van der Waals surface area contributed by atoms with Crippen LogP contribution in [0, 0.1) is 0 Å². The molecule has 5 aromatic rings. The van der Waals surface area contributed by atoms with Crippen molar-refractivity contribution < 1.29 is 19.0 Å². The molecule has 2 N–H and O–H groups in total. The number of anilines is 2. The molecule has 0 unspecified atom stereocenters. The summed E-state index contributed by atoms with van der Waals surface area (Å²) in [5.74, 6) is 1.44. The average molecular weight is 652 g/mol. The van der Waals surface area contributed by atoms with E-state index in [9.17, 15) is 4.79 Å². The molecule has 0 spiro atoms. The van der Waals surface area contributed by atoms with E-state index in [1.54, 1.807) is 0 Å². The van der Waals surface area contributed by atoms with Crippen LogP contribution in [0.4, 0.5) is 11.4 Å². The van der Waals surface area contributed by atoms with E-state index in [0.29, 0.717) is 24.7 Å². The number of carbonyl (C=O) groups is 1. The van der Waals surface area contributed by atoms with Crippen LogP contribution in [0.1, 0.15) is 20.8 Å². The average Bonchev–Trinajstić information content (AvgIpc) is 3.09. The summed E-state index contributed by atoms with van der Waals surface area (Å²) >= 11 is 5.30. The number of carbonyl (C=O) groups excluding carboxylic acids is 1. The largest absolute Gasteiger partial charge is 0.494 e. The fourth-order valence-electron chi connectivity index (χ4n) is 4.80. The van der Waals surface area contributed by atoms with Crippen LogP contribution < -0.4 is 36.0 Å². The van der Waals surface area contributed by atoms with E-state index >= 15 is 0 Å². The maximum atomic E-state index is 11.6. The second-order valence-electron chi connectivity index (χ2n) is 10.1. The van der Waals surface area contributed by atoms with Crippen LogP contribution in [0.2, 0.25) is 0 Å². The minimum Gasteiger partial charge on any atom is -0.494 e. The van der Waals surface area contributed by atoms with Gasteiger partial charge in [0.1, 0.15) is 27.4 Å². The highest BCUT2D eigenvalue weighted by atomic mass is 32.1. The number of hydrogen-bond donors (Lipinski definition) is 2. The van der Waals surface area contributed by atoms with Crippen LogP contribution in [0.25, 0.3) is 0 Å². The maximum absolute atomic E-state index is 11.6. The summed E-state index contributed by atoms with van der Waals surface area (Å²) in [5, 5.41) is 10.4. The van der Waals surface area contributed by atoms with Gasteiger partial charge in [-0.3, -0.25) is 4.79 Å². The Labute approximate surface area is 278 Å². The highest BCUT2D eigenvalue weighted by molar-refractivity contribution is 7.95. The Hall–Kier alpha value is -4.71. The van der Waals surface area contributed by atoms with E-state index in [1.807, 2.05) is 117 Å². The molecule has 0 aromatic heterocycles. The molecule has 0 heterocycles. The van der Waals surface area contributed by atoms with Crippen LogP contribution in [0.15, 0.2) is 140 Å². The van der Waals surface area contributed by atoms with Gasteiger partial charge in [0.05, 0.1) is 13.2 Å². The topological polar surface area (TPSA) is 68.8 Å². The predicted octanol–water partition coefficient (Wildman–Crippen LogP) is 7.79. The molecule has 5 rings (SSSR count). The van der Waals surface area contributed by atoms with Gasteiger partial charge in [-0.1, -0.05) is 54.6 Å². The number of thiocarbonyl (C=S) groups is 1. The zero-order valence-corrected chi connectivity index (χ0v) is 28.1. The van der Waals surface area contributed by atoms with Crippen LogP contribution in [0.5, 0.6) is 11.5 Å². The molecule has 0 radical (unpaired) electrons. The van der Waals surface area contributed by atoms with Gasteiger partial charge in [0.15, 0.2) is 12.4 Å². The molecule has 0 aliphatic heterocycles. The summed E-state index contributed by atoms with van der Waals surface area (Å²) in [6.45, 7) is 6.70. The Morgan fingerprint density at radius 2 is 0.935 bits per heavy atom. The molecule has 236 valence electrons. The summed E-state index contributed by atoms with van der Waals surface area (Å²) in [7, 11) is -2.05. The Kier molecular flexibility index (Phi) is 13.1. The Morgan fingerprint density at radius 1 is 0.587 bits per heavy atom. The van der Waals surface area contributed by atoms with E-state index in [-0.39, 0.29) is 5.97 Å². The van der Waals surface area contributed by atoms with Gasteiger partial charge in [0.25, 0.3) is 0 Å². The van der Waals surface area contributed by atoms with Crippen molar-refractivity contribution in [1.29, 1.82) is 0 Å². The second-order valence-corrected chi connectivity index (χ2v) is 13.9. The molecule has 0 aliphatic rings. The lowest BCUT2D eigenvalue weighted by molar-refractivity contribution is -0.138. The van der Waals surface area contributed by atoms with Gasteiger partial charge in [-0.15, -0.1) is 0 Å². The first-order valence-electron chi connectivity index (χ1n) is 15.2. The molecule has 0 aliphatic carbocycles. The fraction of sp³-hybridized carbons (Fsp3) is 0.158. The van der Waals surface area contributed by atoms with Crippen molar-refractivity contribution in [2.75, 3.05) is 30.2 Å². The van der Waals surface area contributed by atoms with Crippen LogP contribution >= 0.6 is 19.5 Å². The first-order chi connectivity index (χ1) is 22.4. The van der Waals surface area contributed by atoms with Crippen molar-refractivity contribution in [2.24, 2.45) is 0 Å². The third-order valence-electron chi connectivity index (χ3n) is 6.90. The van der Waals surface area contributed by atoms with E-state index in [1.165, 1.54) is 22.8 Å². The van der Waals surface area contributed by atoms with Gasteiger partial charge >= 0.3 is 5.97 Å².